The summed E-state index contributed by atoms with van der Waals surface area (Å²) < 4.78 is 12.8. The Hall–Kier alpha value is -0.650. The molecule has 0 unspecified atom stereocenters. The molecule has 0 spiro atoms. The molecule has 0 aliphatic carbocycles. The Morgan fingerprint density at radius 1 is 1.30 bits per heavy atom. The van der Waals surface area contributed by atoms with Crippen LogP contribution in [0.3, 0.4) is 0 Å². The maximum absolute atomic E-state index is 6.03. The first-order chi connectivity index (χ1) is 9.60. The Labute approximate surface area is 139 Å². The predicted octanol–water partition coefficient (Wildman–Crippen LogP) is 5.86. The summed E-state index contributed by atoms with van der Waals surface area (Å²) in [6.45, 7) is 3.29. The lowest BCUT2D eigenvalue weighted by Gasteiger charge is -2.12. The molecule has 20 heavy (non-hydrogen) atoms. The molecule has 1 aromatic heterocycles. The molecule has 0 atom stereocenters. The van der Waals surface area contributed by atoms with Gasteiger partial charge < -0.3 is 14.5 Å². The number of benzene rings is 1. The second-order valence-electron chi connectivity index (χ2n) is 4.18. The lowest BCUT2D eigenvalue weighted by Crippen LogP contribution is -2.03. The zero-order chi connectivity index (χ0) is 14.5. The molecular weight excluding hydrogens is 409 g/mol. The van der Waals surface area contributed by atoms with E-state index in [-0.39, 0.29) is 0 Å². The third-order valence-electron chi connectivity index (χ3n) is 2.55. The second kappa shape index (κ2) is 7.38. The van der Waals surface area contributed by atoms with Crippen LogP contribution >= 0.6 is 43.5 Å². The van der Waals surface area contributed by atoms with Gasteiger partial charge in [-0.05, 0) is 62.5 Å². The summed E-state index contributed by atoms with van der Waals surface area (Å²) in [6, 6.07) is 7.44. The summed E-state index contributed by atoms with van der Waals surface area (Å²) >= 11 is 12.7. The number of nitrogens with one attached hydrogen (secondary N) is 1. The van der Waals surface area contributed by atoms with E-state index in [1.165, 1.54) is 0 Å². The first-order valence-electron chi connectivity index (χ1n) is 6.20. The third-order valence-corrected chi connectivity index (χ3v) is 4.50. The highest BCUT2D eigenvalue weighted by molar-refractivity contribution is 9.13. The van der Waals surface area contributed by atoms with E-state index in [9.17, 15) is 0 Å². The normalized spacial score (nSPS) is 10.6. The molecule has 1 N–H and O–H groups in total. The van der Waals surface area contributed by atoms with Crippen molar-refractivity contribution in [3.8, 4) is 5.75 Å². The predicted molar refractivity (Wildman–Crippen MR) is 88.7 cm³/mol. The van der Waals surface area contributed by atoms with Gasteiger partial charge in [-0.3, -0.25) is 0 Å². The summed E-state index contributed by atoms with van der Waals surface area (Å²) in [4.78, 5) is 0. The molecule has 0 saturated heterocycles. The lowest BCUT2D eigenvalue weighted by molar-refractivity contribution is 0.318. The van der Waals surface area contributed by atoms with Gasteiger partial charge in [0.05, 0.1) is 23.3 Å². The van der Waals surface area contributed by atoms with Crippen LogP contribution < -0.4 is 10.1 Å². The molecule has 0 radical (unpaired) electrons. The Morgan fingerprint density at radius 2 is 2.10 bits per heavy atom. The standard InChI is InChI=1S/C14H14Br2ClNO2/c1-2-5-19-13-4-3-9(17)6-12(13)18-8-10-7-11(15)14(16)20-10/h3-4,6-7,18H,2,5,8H2,1H3. The number of rotatable bonds is 6. The quantitative estimate of drug-likeness (QED) is 0.632. The number of halogens is 3. The minimum atomic E-state index is 0.549. The SMILES string of the molecule is CCCOc1ccc(Cl)cc1NCc1cc(Br)c(Br)o1. The summed E-state index contributed by atoms with van der Waals surface area (Å²) in [5, 5.41) is 3.94. The van der Waals surface area contributed by atoms with Crippen LogP contribution in [0.4, 0.5) is 5.69 Å². The fraction of sp³-hybridized carbons (Fsp3) is 0.286. The van der Waals surface area contributed by atoms with Gasteiger partial charge in [0, 0.05) is 5.02 Å². The van der Waals surface area contributed by atoms with Crippen LogP contribution in [0.1, 0.15) is 19.1 Å². The number of furan rings is 1. The number of hydrogen-bond donors (Lipinski definition) is 1. The van der Waals surface area contributed by atoms with Crippen LogP contribution in [0, 0.1) is 0 Å². The molecule has 2 rings (SSSR count). The molecule has 3 nitrogen and oxygen atoms in total. The summed E-state index contributed by atoms with van der Waals surface area (Å²) in [5.74, 6) is 1.60. The van der Waals surface area contributed by atoms with Gasteiger partial charge in [0.2, 0.25) is 0 Å². The Kier molecular flexibility index (Phi) is 5.81. The second-order valence-corrected chi connectivity index (χ2v) is 6.19. The number of anilines is 1. The minimum Gasteiger partial charge on any atom is -0.491 e. The largest absolute Gasteiger partial charge is 0.491 e. The Balaban J connectivity index is 2.09. The molecule has 2 aromatic rings. The average Bonchev–Trinajstić information content (AvgIpc) is 2.74. The van der Waals surface area contributed by atoms with Gasteiger partial charge in [-0.1, -0.05) is 18.5 Å². The van der Waals surface area contributed by atoms with Crippen molar-refractivity contribution in [2.45, 2.75) is 19.9 Å². The van der Waals surface area contributed by atoms with Gasteiger partial charge >= 0.3 is 0 Å². The van der Waals surface area contributed by atoms with E-state index in [1.807, 2.05) is 24.3 Å². The highest BCUT2D eigenvalue weighted by Crippen LogP contribution is 2.30. The van der Waals surface area contributed by atoms with E-state index < -0.39 is 0 Å². The number of ether oxygens (including phenoxy) is 1. The maximum atomic E-state index is 6.03. The van der Waals surface area contributed by atoms with Crippen LogP contribution in [0.5, 0.6) is 5.75 Å². The highest BCUT2D eigenvalue weighted by Gasteiger charge is 2.08. The molecule has 0 aliphatic rings. The van der Waals surface area contributed by atoms with Crippen molar-refractivity contribution in [2.24, 2.45) is 0 Å². The molecule has 0 saturated carbocycles. The monoisotopic (exact) mass is 421 g/mol. The van der Waals surface area contributed by atoms with Crippen LogP contribution in [0.2, 0.25) is 5.02 Å². The van der Waals surface area contributed by atoms with Crippen LogP contribution in [-0.2, 0) is 6.54 Å². The van der Waals surface area contributed by atoms with Gasteiger partial charge in [-0.2, -0.15) is 0 Å². The van der Waals surface area contributed by atoms with Crippen molar-refractivity contribution >= 4 is 49.1 Å². The summed E-state index contributed by atoms with van der Waals surface area (Å²) in [7, 11) is 0. The van der Waals surface area contributed by atoms with Crippen molar-refractivity contribution in [3.05, 3.63) is 44.2 Å². The lowest BCUT2D eigenvalue weighted by atomic mass is 10.3. The first kappa shape index (κ1) is 15.7. The fourth-order valence-electron chi connectivity index (χ4n) is 1.64. The smallest absolute Gasteiger partial charge is 0.183 e. The van der Waals surface area contributed by atoms with Gasteiger partial charge in [0.15, 0.2) is 4.67 Å². The van der Waals surface area contributed by atoms with E-state index in [1.54, 1.807) is 0 Å². The van der Waals surface area contributed by atoms with Gasteiger partial charge in [0.1, 0.15) is 11.5 Å². The molecule has 0 fully saturated rings. The zero-order valence-electron chi connectivity index (χ0n) is 10.9. The average molecular weight is 424 g/mol. The molecule has 108 valence electrons. The van der Waals surface area contributed by atoms with Crippen molar-refractivity contribution in [2.75, 3.05) is 11.9 Å². The summed E-state index contributed by atoms with van der Waals surface area (Å²) in [6.07, 6.45) is 0.958. The van der Waals surface area contributed by atoms with E-state index in [0.717, 1.165) is 28.1 Å². The maximum Gasteiger partial charge on any atom is 0.183 e. The Morgan fingerprint density at radius 3 is 2.75 bits per heavy atom. The molecular formula is C14H14Br2ClNO2. The van der Waals surface area contributed by atoms with Gasteiger partial charge in [-0.15, -0.1) is 0 Å². The van der Waals surface area contributed by atoms with Crippen LogP contribution in [0.15, 0.2) is 37.8 Å². The van der Waals surface area contributed by atoms with Crippen LogP contribution in [0.25, 0.3) is 0 Å². The molecule has 0 aliphatic heterocycles. The van der Waals surface area contributed by atoms with Gasteiger partial charge in [0.25, 0.3) is 0 Å². The number of hydrogen-bond acceptors (Lipinski definition) is 3. The highest BCUT2D eigenvalue weighted by atomic mass is 79.9. The fourth-order valence-corrected chi connectivity index (χ4v) is 2.47. The van der Waals surface area contributed by atoms with Crippen molar-refractivity contribution in [1.82, 2.24) is 0 Å². The molecule has 0 amide bonds. The van der Waals surface area contributed by atoms with Crippen molar-refractivity contribution < 1.29 is 9.15 Å². The van der Waals surface area contributed by atoms with E-state index in [0.29, 0.717) is 22.8 Å². The van der Waals surface area contributed by atoms with E-state index in [2.05, 4.69) is 44.1 Å². The third kappa shape index (κ3) is 4.17. The van der Waals surface area contributed by atoms with Gasteiger partial charge in [-0.25, -0.2) is 0 Å². The Bertz CT molecular complexity index is 567. The first-order valence-corrected chi connectivity index (χ1v) is 8.16. The molecule has 1 heterocycles. The summed E-state index contributed by atoms with van der Waals surface area (Å²) in [5.41, 5.74) is 0.856. The topological polar surface area (TPSA) is 34.4 Å². The van der Waals surface area contributed by atoms with Crippen molar-refractivity contribution in [1.29, 1.82) is 0 Å². The zero-order valence-corrected chi connectivity index (χ0v) is 14.8. The van der Waals surface area contributed by atoms with Crippen molar-refractivity contribution in [3.63, 3.8) is 0 Å². The van der Waals surface area contributed by atoms with E-state index >= 15 is 0 Å². The molecule has 6 heteroatoms. The van der Waals surface area contributed by atoms with Crippen LogP contribution in [-0.4, -0.2) is 6.61 Å². The molecule has 1 aromatic carbocycles. The minimum absolute atomic E-state index is 0.549. The van der Waals surface area contributed by atoms with E-state index in [4.69, 9.17) is 20.8 Å². The molecule has 0 bridgehead atoms.